The summed E-state index contributed by atoms with van der Waals surface area (Å²) in [5.74, 6) is 6.12. The van der Waals surface area contributed by atoms with Crippen molar-refractivity contribution in [1.82, 2.24) is 4.90 Å². The summed E-state index contributed by atoms with van der Waals surface area (Å²) in [6, 6.07) is 8.08. The molecule has 1 saturated heterocycles. The maximum Gasteiger partial charge on any atom is 0.428 e. The van der Waals surface area contributed by atoms with Crippen LogP contribution in [0.4, 0.5) is 4.79 Å². The smallest absolute Gasteiger partial charge is 0.428 e. The molecule has 1 heterocycles. The first-order valence-electron chi connectivity index (χ1n) is 6.48. The van der Waals surface area contributed by atoms with Gasteiger partial charge in [-0.15, -0.1) is 0 Å². The molecule has 1 amide bonds. The van der Waals surface area contributed by atoms with Gasteiger partial charge in [0.1, 0.15) is 5.75 Å². The minimum absolute atomic E-state index is 0.0817. The maximum absolute atomic E-state index is 11.6. The summed E-state index contributed by atoms with van der Waals surface area (Å²) < 4.78 is 5.16. The molecule has 1 aliphatic rings. The first-order valence-corrected chi connectivity index (χ1v) is 6.48. The molecule has 2 N–H and O–H groups in total. The lowest BCUT2D eigenvalue weighted by atomic mass is 9.84. The van der Waals surface area contributed by atoms with E-state index in [9.17, 15) is 4.79 Å². The molecule has 2 rings (SSSR count). The average molecular weight is 264 g/mol. The van der Waals surface area contributed by atoms with E-state index in [4.69, 9.17) is 10.6 Å². The van der Waals surface area contributed by atoms with Crippen LogP contribution < -0.4 is 10.6 Å². The topological polar surface area (TPSA) is 64.8 Å². The molecule has 1 aromatic carbocycles. The van der Waals surface area contributed by atoms with Crippen LogP contribution in [0.1, 0.15) is 31.2 Å². The molecule has 0 aromatic heterocycles. The zero-order chi connectivity index (χ0) is 13.8. The highest BCUT2D eigenvalue weighted by atomic mass is 16.7. The molecule has 0 radical (unpaired) electrons. The fourth-order valence-corrected chi connectivity index (χ4v) is 2.77. The van der Waals surface area contributed by atoms with Crippen LogP contribution in [0.15, 0.2) is 24.3 Å². The Morgan fingerprint density at radius 1 is 1.37 bits per heavy atom. The van der Waals surface area contributed by atoms with E-state index in [2.05, 4.69) is 17.0 Å². The minimum atomic E-state index is -0.453. The number of rotatable bonds is 2. The Kier molecular flexibility index (Phi) is 4.27. The molecule has 104 valence electrons. The molecule has 5 heteroatoms. The molecular weight excluding hydrogens is 244 g/mol. The van der Waals surface area contributed by atoms with Gasteiger partial charge in [-0.25, -0.2) is 4.79 Å². The van der Waals surface area contributed by atoms with Crippen molar-refractivity contribution >= 4 is 6.09 Å². The van der Waals surface area contributed by atoms with Crippen LogP contribution in [0.25, 0.3) is 0 Å². The van der Waals surface area contributed by atoms with E-state index >= 15 is 0 Å². The van der Waals surface area contributed by atoms with E-state index in [1.54, 1.807) is 12.0 Å². The number of carbonyl (C=O) groups excluding carboxylic acids is 1. The highest BCUT2D eigenvalue weighted by Crippen LogP contribution is 2.33. The van der Waals surface area contributed by atoms with Crippen LogP contribution >= 0.6 is 0 Å². The number of carbonyl (C=O) groups is 1. The van der Waals surface area contributed by atoms with Crippen molar-refractivity contribution in [3.05, 3.63) is 29.8 Å². The van der Waals surface area contributed by atoms with Crippen molar-refractivity contribution in [1.29, 1.82) is 0 Å². The molecule has 0 spiro atoms. The molecule has 1 aliphatic heterocycles. The zero-order valence-electron chi connectivity index (χ0n) is 11.3. The van der Waals surface area contributed by atoms with E-state index < -0.39 is 6.09 Å². The predicted octanol–water partition coefficient (Wildman–Crippen LogP) is 2.27. The number of hydrogen-bond acceptors (Lipinski definition) is 4. The Labute approximate surface area is 113 Å². The van der Waals surface area contributed by atoms with Gasteiger partial charge in [-0.05, 0) is 37.5 Å². The summed E-state index contributed by atoms with van der Waals surface area (Å²) in [5, 5.41) is 0. The van der Waals surface area contributed by atoms with Crippen molar-refractivity contribution in [2.75, 3.05) is 13.7 Å². The lowest BCUT2D eigenvalue weighted by Gasteiger charge is -2.38. The van der Waals surface area contributed by atoms with Gasteiger partial charge in [0.25, 0.3) is 0 Å². The number of benzene rings is 1. The molecule has 5 nitrogen and oxygen atoms in total. The van der Waals surface area contributed by atoms with Gasteiger partial charge in [-0.1, -0.05) is 12.1 Å². The molecule has 2 atom stereocenters. The highest BCUT2D eigenvalue weighted by molar-refractivity contribution is 5.68. The summed E-state index contributed by atoms with van der Waals surface area (Å²) in [5.41, 5.74) is 1.21. The fourth-order valence-electron chi connectivity index (χ4n) is 2.77. The number of hydrogen-bond donors (Lipinski definition) is 1. The van der Waals surface area contributed by atoms with Crippen LogP contribution in [0.3, 0.4) is 0 Å². The van der Waals surface area contributed by atoms with Crippen LogP contribution in [0, 0.1) is 0 Å². The summed E-state index contributed by atoms with van der Waals surface area (Å²) in [6.45, 7) is 2.73. The first kappa shape index (κ1) is 13.7. The second kappa shape index (κ2) is 5.93. The third-order valence-electron chi connectivity index (χ3n) is 3.87. The average Bonchev–Trinajstić information content (AvgIpc) is 2.47. The molecule has 1 fully saturated rings. The molecular formula is C14H20N2O3. The molecule has 0 saturated carbocycles. The summed E-state index contributed by atoms with van der Waals surface area (Å²) in [4.78, 5) is 17.7. The number of nitrogens with zero attached hydrogens (tertiary/aromatic N) is 1. The summed E-state index contributed by atoms with van der Waals surface area (Å²) in [6.07, 6.45) is 1.56. The van der Waals surface area contributed by atoms with Crippen LogP contribution in [0.2, 0.25) is 0 Å². The summed E-state index contributed by atoms with van der Waals surface area (Å²) >= 11 is 0. The first-order chi connectivity index (χ1) is 9.17. The van der Waals surface area contributed by atoms with Crippen LogP contribution in [-0.4, -0.2) is 30.7 Å². The van der Waals surface area contributed by atoms with Crippen LogP contribution in [-0.2, 0) is 4.84 Å². The molecule has 0 bridgehead atoms. The van der Waals surface area contributed by atoms with Crippen LogP contribution in [0.5, 0.6) is 5.75 Å². The predicted molar refractivity (Wildman–Crippen MR) is 71.8 cm³/mol. The number of ether oxygens (including phenoxy) is 1. The number of likely N-dealkylation sites (tertiary alicyclic amines) is 1. The minimum Gasteiger partial charge on any atom is -0.497 e. The molecule has 2 unspecified atom stereocenters. The monoisotopic (exact) mass is 264 g/mol. The number of methoxy groups -OCH3 is 1. The third-order valence-corrected chi connectivity index (χ3v) is 3.87. The largest absolute Gasteiger partial charge is 0.497 e. The van der Waals surface area contributed by atoms with E-state index in [1.165, 1.54) is 5.56 Å². The second-order valence-electron chi connectivity index (χ2n) is 4.84. The van der Waals surface area contributed by atoms with Crippen molar-refractivity contribution in [2.45, 2.75) is 31.7 Å². The quantitative estimate of drug-likeness (QED) is 0.832. The van der Waals surface area contributed by atoms with Gasteiger partial charge in [0.15, 0.2) is 0 Å². The van der Waals surface area contributed by atoms with Crippen molar-refractivity contribution in [3.63, 3.8) is 0 Å². The Bertz CT molecular complexity index is 433. The molecule has 1 aromatic rings. The van der Waals surface area contributed by atoms with E-state index in [1.807, 2.05) is 19.1 Å². The lowest BCUT2D eigenvalue weighted by molar-refractivity contribution is 0.0709. The Morgan fingerprint density at radius 3 is 2.63 bits per heavy atom. The zero-order valence-corrected chi connectivity index (χ0v) is 11.3. The SMILES string of the molecule is COc1ccc(C2CCCN(C(=O)ON)C2C)cc1. The summed E-state index contributed by atoms with van der Waals surface area (Å²) in [7, 11) is 1.65. The maximum atomic E-state index is 11.6. The highest BCUT2D eigenvalue weighted by Gasteiger charge is 2.32. The second-order valence-corrected chi connectivity index (χ2v) is 4.84. The standard InChI is InChI=1S/C14H20N2O3/c1-10-13(4-3-9-16(10)14(17)19-15)11-5-7-12(18-2)8-6-11/h5-8,10,13H,3-4,9,15H2,1-2H3. The van der Waals surface area contributed by atoms with Crippen molar-refractivity contribution in [3.8, 4) is 5.75 Å². The van der Waals surface area contributed by atoms with Crippen molar-refractivity contribution in [2.24, 2.45) is 5.90 Å². The third kappa shape index (κ3) is 2.81. The lowest BCUT2D eigenvalue weighted by Crippen LogP contribution is -2.46. The fraction of sp³-hybridized carbons (Fsp3) is 0.500. The number of piperidine rings is 1. The van der Waals surface area contributed by atoms with Crippen molar-refractivity contribution < 1.29 is 14.4 Å². The Balaban J connectivity index is 2.16. The molecule has 19 heavy (non-hydrogen) atoms. The van der Waals surface area contributed by atoms with E-state index in [-0.39, 0.29) is 6.04 Å². The van der Waals surface area contributed by atoms with E-state index in [0.29, 0.717) is 12.5 Å². The Hall–Kier alpha value is -1.75. The van der Waals surface area contributed by atoms with Gasteiger partial charge >= 0.3 is 6.09 Å². The normalized spacial score (nSPS) is 23.0. The van der Waals surface area contributed by atoms with Gasteiger partial charge < -0.3 is 14.5 Å². The molecule has 0 aliphatic carbocycles. The van der Waals surface area contributed by atoms with Gasteiger partial charge in [0.05, 0.1) is 7.11 Å². The number of amides is 1. The Morgan fingerprint density at radius 2 is 2.05 bits per heavy atom. The number of nitrogens with two attached hydrogens (primary N) is 1. The van der Waals surface area contributed by atoms with Gasteiger partial charge in [-0.2, -0.15) is 5.90 Å². The van der Waals surface area contributed by atoms with Gasteiger partial charge in [0.2, 0.25) is 0 Å². The van der Waals surface area contributed by atoms with Gasteiger partial charge in [-0.3, -0.25) is 0 Å². The van der Waals surface area contributed by atoms with Gasteiger partial charge in [0, 0.05) is 18.5 Å². The van der Waals surface area contributed by atoms with E-state index in [0.717, 1.165) is 18.6 Å².